The fraction of sp³-hybridized carbons (Fsp3) is 0.200. The second-order valence-corrected chi connectivity index (χ2v) is 10.6. The number of nitrogens with zero attached hydrogens (tertiary/aromatic N) is 4. The molecule has 0 aromatic heterocycles. The number of hydrogen-bond donors (Lipinski definition) is 0. The van der Waals surface area contributed by atoms with Gasteiger partial charge in [0.05, 0.1) is 0 Å². The summed E-state index contributed by atoms with van der Waals surface area (Å²) in [4.78, 5) is 9.56. The van der Waals surface area contributed by atoms with Crippen LogP contribution in [0.5, 0.6) is 0 Å². The maximum atomic E-state index is 2.43. The summed E-state index contributed by atoms with van der Waals surface area (Å²) in [5.41, 5.74) is 15.6. The van der Waals surface area contributed by atoms with Crippen LogP contribution in [0.4, 0.5) is 22.7 Å². The lowest BCUT2D eigenvalue weighted by Crippen LogP contribution is -2.41. The van der Waals surface area contributed by atoms with Crippen molar-refractivity contribution in [3.63, 3.8) is 0 Å². The van der Waals surface area contributed by atoms with Crippen LogP contribution in [-0.4, -0.2) is 42.2 Å². The van der Waals surface area contributed by atoms with Crippen molar-refractivity contribution in [2.75, 3.05) is 47.4 Å². The summed E-state index contributed by atoms with van der Waals surface area (Å²) >= 11 is 0. The summed E-state index contributed by atoms with van der Waals surface area (Å²) in [6.07, 6.45) is 0. The molecule has 4 aromatic carbocycles. The molecule has 36 heavy (non-hydrogen) atoms. The second-order valence-electron chi connectivity index (χ2n) is 10.6. The minimum absolute atomic E-state index is 0.320. The van der Waals surface area contributed by atoms with E-state index >= 15 is 0 Å². The highest BCUT2D eigenvalue weighted by Crippen LogP contribution is 2.54. The highest BCUT2D eigenvalue weighted by atomic mass is 15.3. The van der Waals surface area contributed by atoms with E-state index in [0.29, 0.717) is 14.0 Å². The molecule has 0 bridgehead atoms. The van der Waals surface area contributed by atoms with Crippen LogP contribution in [-0.2, 0) is 0 Å². The Morgan fingerprint density at radius 2 is 0.611 bits per heavy atom. The van der Waals surface area contributed by atoms with Gasteiger partial charge in [-0.05, 0) is 111 Å². The largest absolute Gasteiger partial charge is 0.397 e. The predicted octanol–water partition coefficient (Wildman–Crippen LogP) is 6.68. The molecule has 0 unspecified atom stereocenters. The first-order valence-corrected chi connectivity index (χ1v) is 12.8. The van der Waals surface area contributed by atoms with Gasteiger partial charge in [0.2, 0.25) is 0 Å². The van der Waals surface area contributed by atoms with Crippen LogP contribution in [0.3, 0.4) is 0 Å². The van der Waals surface area contributed by atoms with E-state index in [9.17, 15) is 0 Å². The summed E-state index contributed by atoms with van der Waals surface area (Å²) in [7, 11) is 8.83. The zero-order valence-corrected chi connectivity index (χ0v) is 21.9. The van der Waals surface area contributed by atoms with E-state index in [-0.39, 0.29) is 0 Å². The highest BCUT2D eigenvalue weighted by molar-refractivity contribution is 6.69. The average molecular weight is 468 g/mol. The van der Waals surface area contributed by atoms with Gasteiger partial charge in [0, 0.05) is 22.7 Å². The number of fused-ring (bicyclic) bond motifs is 10. The van der Waals surface area contributed by atoms with Crippen molar-refractivity contribution in [1.82, 2.24) is 0 Å². The molecule has 0 saturated heterocycles. The summed E-state index contributed by atoms with van der Waals surface area (Å²) in [5, 5.41) is 0. The van der Waals surface area contributed by atoms with E-state index in [1.807, 2.05) is 0 Å². The second kappa shape index (κ2) is 7.36. The van der Waals surface area contributed by atoms with E-state index in [0.717, 1.165) is 0 Å². The molecular weight excluding hydrogens is 438 g/mol. The van der Waals surface area contributed by atoms with Gasteiger partial charge in [-0.2, -0.15) is 0 Å². The molecule has 1 aliphatic carbocycles. The fourth-order valence-corrected chi connectivity index (χ4v) is 6.41. The van der Waals surface area contributed by atoms with E-state index in [4.69, 9.17) is 0 Å². The van der Waals surface area contributed by atoms with Crippen LogP contribution >= 0.6 is 0 Å². The first-order chi connectivity index (χ1) is 17.4. The zero-order valence-electron chi connectivity index (χ0n) is 21.9. The SMILES string of the molecule is CB1N(C)c2cc3c(cc2N1C)-c1cc2c(cc1-c1ccccc1-c1ccccc1-3)N(C)B(C)N2C. The number of anilines is 4. The summed E-state index contributed by atoms with van der Waals surface area (Å²) in [6.45, 7) is 5.18. The van der Waals surface area contributed by atoms with Crippen molar-refractivity contribution in [3.05, 3.63) is 72.8 Å². The molecule has 2 heterocycles. The predicted molar refractivity (Wildman–Crippen MR) is 159 cm³/mol. The van der Waals surface area contributed by atoms with Crippen LogP contribution in [0.15, 0.2) is 72.8 Å². The Hall–Kier alpha value is -3.79. The van der Waals surface area contributed by atoms with Crippen LogP contribution in [0.1, 0.15) is 0 Å². The molecule has 0 fully saturated rings. The minimum atomic E-state index is 0.320. The third kappa shape index (κ3) is 2.67. The van der Waals surface area contributed by atoms with Gasteiger partial charge in [-0.3, -0.25) is 0 Å². The monoisotopic (exact) mass is 468 g/mol. The lowest BCUT2D eigenvalue weighted by molar-refractivity contribution is 1.29. The van der Waals surface area contributed by atoms with Crippen molar-refractivity contribution in [3.8, 4) is 44.5 Å². The molecular formula is C30H30B2N4. The van der Waals surface area contributed by atoms with E-state index in [1.165, 1.54) is 67.3 Å². The first-order valence-electron chi connectivity index (χ1n) is 12.8. The maximum absolute atomic E-state index is 2.43. The normalized spacial score (nSPS) is 15.2. The smallest absolute Gasteiger partial charge is 0.371 e. The maximum Gasteiger partial charge on any atom is 0.371 e. The van der Waals surface area contributed by atoms with Crippen molar-refractivity contribution >= 4 is 36.7 Å². The van der Waals surface area contributed by atoms with Gasteiger partial charge in [0.15, 0.2) is 0 Å². The summed E-state index contributed by atoms with van der Waals surface area (Å²) < 4.78 is 0. The van der Waals surface area contributed by atoms with Gasteiger partial charge < -0.3 is 19.2 Å². The zero-order chi connectivity index (χ0) is 24.9. The number of hydrogen-bond acceptors (Lipinski definition) is 4. The van der Waals surface area contributed by atoms with Crippen LogP contribution in [0, 0.1) is 0 Å². The molecule has 0 radical (unpaired) electrons. The first kappa shape index (κ1) is 21.5. The Morgan fingerprint density at radius 3 is 0.889 bits per heavy atom. The van der Waals surface area contributed by atoms with Gasteiger partial charge in [0.25, 0.3) is 0 Å². The van der Waals surface area contributed by atoms with Crippen molar-refractivity contribution < 1.29 is 0 Å². The van der Waals surface area contributed by atoms with Gasteiger partial charge in [-0.25, -0.2) is 0 Å². The van der Waals surface area contributed by atoms with Gasteiger partial charge >= 0.3 is 14.0 Å². The van der Waals surface area contributed by atoms with Crippen molar-refractivity contribution in [2.45, 2.75) is 13.6 Å². The Labute approximate surface area is 215 Å². The lowest BCUT2D eigenvalue weighted by atomic mass is 9.78. The Morgan fingerprint density at radius 1 is 0.389 bits per heavy atom. The summed E-state index contributed by atoms with van der Waals surface area (Å²) in [6, 6.07) is 27.5. The Bertz CT molecular complexity index is 1450. The van der Waals surface area contributed by atoms with Crippen molar-refractivity contribution in [2.24, 2.45) is 0 Å². The topological polar surface area (TPSA) is 13.0 Å². The minimum Gasteiger partial charge on any atom is -0.397 e. The molecule has 0 atom stereocenters. The van der Waals surface area contributed by atoms with Gasteiger partial charge in [-0.1, -0.05) is 48.5 Å². The fourth-order valence-electron chi connectivity index (χ4n) is 6.41. The molecule has 2 aliphatic heterocycles. The lowest BCUT2D eigenvalue weighted by Gasteiger charge is -2.26. The molecule has 0 amide bonds. The molecule has 0 spiro atoms. The van der Waals surface area contributed by atoms with E-state index in [2.05, 4.69) is 134 Å². The van der Waals surface area contributed by atoms with Gasteiger partial charge in [0.1, 0.15) is 0 Å². The van der Waals surface area contributed by atoms with Crippen LogP contribution in [0.2, 0.25) is 13.6 Å². The Kier molecular flexibility index (Phi) is 4.39. The Balaban J connectivity index is 1.64. The molecule has 6 heteroatoms. The summed E-state index contributed by atoms with van der Waals surface area (Å²) in [5.74, 6) is 0. The standard InChI is InChI=1S/C30H30B2N4/c1-31-33(3)27-15-23-21-13-9-7-11-19(21)20-12-8-10-14-22(20)24-16-28-30(36(6)32(2)34(28)4)18-26(24)25(23)17-29(27)35(31)5/h7-18H,1-6H3. The third-order valence-corrected chi connectivity index (χ3v) is 9.01. The number of benzene rings is 4. The average Bonchev–Trinajstić information content (AvgIpc) is 3.25. The molecule has 0 saturated carbocycles. The number of rotatable bonds is 0. The van der Waals surface area contributed by atoms with E-state index < -0.39 is 0 Å². The van der Waals surface area contributed by atoms with Crippen molar-refractivity contribution in [1.29, 1.82) is 0 Å². The molecule has 3 aliphatic rings. The van der Waals surface area contributed by atoms with E-state index in [1.54, 1.807) is 0 Å². The quantitative estimate of drug-likeness (QED) is 0.235. The highest BCUT2D eigenvalue weighted by Gasteiger charge is 2.36. The third-order valence-electron chi connectivity index (χ3n) is 9.01. The van der Waals surface area contributed by atoms with Gasteiger partial charge in [-0.15, -0.1) is 0 Å². The molecule has 176 valence electrons. The van der Waals surface area contributed by atoms with Crippen LogP contribution < -0.4 is 19.2 Å². The van der Waals surface area contributed by atoms with Crippen LogP contribution in [0.25, 0.3) is 44.5 Å². The molecule has 4 aromatic rings. The molecule has 7 rings (SSSR count). The molecule has 0 N–H and O–H groups in total. The molecule has 4 nitrogen and oxygen atoms in total.